The van der Waals surface area contributed by atoms with Crippen LogP contribution in [0.25, 0.3) is 10.9 Å². The summed E-state index contributed by atoms with van der Waals surface area (Å²) in [6, 6.07) is 6.57. The molecule has 0 spiro atoms. The van der Waals surface area contributed by atoms with Gasteiger partial charge in [-0.15, -0.1) is 0 Å². The average Bonchev–Trinajstić information content (AvgIpc) is 3.01. The summed E-state index contributed by atoms with van der Waals surface area (Å²) in [5.74, 6) is -3.85. The zero-order chi connectivity index (χ0) is 19.1. The molecule has 27 heavy (non-hydrogen) atoms. The highest BCUT2D eigenvalue weighted by Crippen LogP contribution is 2.37. The molecule has 140 valence electrons. The number of rotatable bonds is 3. The minimum absolute atomic E-state index is 0.179. The SMILES string of the molecule is O=C(Cc1cc(F)c(F)cc1F)N[C@@H]1CCCc2c1[nH]c1c(Cl)cccc21. The van der Waals surface area contributed by atoms with E-state index < -0.39 is 23.4 Å². The van der Waals surface area contributed by atoms with Crippen molar-refractivity contribution in [3.8, 4) is 0 Å². The summed E-state index contributed by atoms with van der Waals surface area (Å²) in [4.78, 5) is 15.7. The van der Waals surface area contributed by atoms with Gasteiger partial charge in [0.25, 0.3) is 0 Å². The molecule has 1 heterocycles. The van der Waals surface area contributed by atoms with Crippen LogP contribution in [0.15, 0.2) is 30.3 Å². The Morgan fingerprint density at radius 3 is 2.78 bits per heavy atom. The van der Waals surface area contributed by atoms with Crippen LogP contribution in [-0.4, -0.2) is 10.9 Å². The largest absolute Gasteiger partial charge is 0.355 e. The molecule has 0 saturated carbocycles. The summed E-state index contributed by atoms with van der Waals surface area (Å²) in [5, 5.41) is 4.51. The van der Waals surface area contributed by atoms with Crippen LogP contribution in [0.3, 0.4) is 0 Å². The summed E-state index contributed by atoms with van der Waals surface area (Å²) in [6.45, 7) is 0. The Morgan fingerprint density at radius 1 is 1.19 bits per heavy atom. The molecule has 0 fully saturated rings. The number of para-hydroxylation sites is 1. The van der Waals surface area contributed by atoms with Gasteiger partial charge in [0.1, 0.15) is 5.82 Å². The lowest BCUT2D eigenvalue weighted by molar-refractivity contribution is -0.121. The summed E-state index contributed by atoms with van der Waals surface area (Å²) in [7, 11) is 0. The van der Waals surface area contributed by atoms with Crippen LogP contribution in [0.2, 0.25) is 5.02 Å². The van der Waals surface area contributed by atoms with E-state index in [9.17, 15) is 18.0 Å². The first-order valence-electron chi connectivity index (χ1n) is 8.66. The van der Waals surface area contributed by atoms with Crippen molar-refractivity contribution in [2.24, 2.45) is 0 Å². The Labute approximate surface area is 158 Å². The molecule has 1 aliphatic rings. The molecule has 1 amide bonds. The zero-order valence-corrected chi connectivity index (χ0v) is 15.0. The van der Waals surface area contributed by atoms with Crippen LogP contribution < -0.4 is 5.32 Å². The Bertz CT molecular complexity index is 1050. The monoisotopic (exact) mass is 392 g/mol. The molecule has 3 nitrogen and oxygen atoms in total. The van der Waals surface area contributed by atoms with Gasteiger partial charge < -0.3 is 10.3 Å². The lowest BCUT2D eigenvalue weighted by Crippen LogP contribution is -2.32. The van der Waals surface area contributed by atoms with Gasteiger partial charge in [-0.2, -0.15) is 0 Å². The normalized spacial score (nSPS) is 16.4. The van der Waals surface area contributed by atoms with Gasteiger partial charge in [-0.05, 0) is 37.0 Å². The number of hydrogen-bond donors (Lipinski definition) is 2. The van der Waals surface area contributed by atoms with E-state index in [1.54, 1.807) is 6.07 Å². The Kier molecular flexibility index (Phi) is 4.60. The Hall–Kier alpha value is -2.47. The highest BCUT2D eigenvalue weighted by Gasteiger charge is 2.26. The first-order valence-corrected chi connectivity index (χ1v) is 9.03. The number of carbonyl (C=O) groups excluding carboxylic acids is 1. The molecule has 2 N–H and O–H groups in total. The van der Waals surface area contributed by atoms with Gasteiger partial charge in [-0.1, -0.05) is 23.7 Å². The number of aromatic amines is 1. The second-order valence-corrected chi connectivity index (χ2v) is 7.13. The number of hydrogen-bond acceptors (Lipinski definition) is 1. The van der Waals surface area contributed by atoms with Gasteiger partial charge in [-0.3, -0.25) is 4.79 Å². The molecular formula is C20H16ClF3N2O. The van der Waals surface area contributed by atoms with Crippen LogP contribution >= 0.6 is 11.6 Å². The molecule has 7 heteroatoms. The number of benzene rings is 2. The summed E-state index contributed by atoms with van der Waals surface area (Å²) < 4.78 is 40.2. The fourth-order valence-corrected chi connectivity index (χ4v) is 3.94. The maximum Gasteiger partial charge on any atom is 0.225 e. The topological polar surface area (TPSA) is 44.9 Å². The number of carbonyl (C=O) groups is 1. The predicted octanol–water partition coefficient (Wildman–Crippen LogP) is 4.97. The van der Waals surface area contributed by atoms with Crippen molar-refractivity contribution in [1.29, 1.82) is 0 Å². The molecule has 3 aromatic rings. The van der Waals surface area contributed by atoms with Gasteiger partial charge in [0, 0.05) is 22.7 Å². The Morgan fingerprint density at radius 2 is 1.96 bits per heavy atom. The first-order chi connectivity index (χ1) is 12.9. The molecule has 4 rings (SSSR count). The van der Waals surface area contributed by atoms with Gasteiger partial charge in [-0.25, -0.2) is 13.2 Å². The van der Waals surface area contributed by atoms with Crippen molar-refractivity contribution in [2.45, 2.75) is 31.7 Å². The lowest BCUT2D eigenvalue weighted by Gasteiger charge is -2.24. The number of H-pyrrole nitrogens is 1. The number of halogens is 4. The van der Waals surface area contributed by atoms with Crippen molar-refractivity contribution in [2.75, 3.05) is 0 Å². The van der Waals surface area contributed by atoms with E-state index in [2.05, 4.69) is 10.3 Å². The van der Waals surface area contributed by atoms with Gasteiger partial charge in [0.2, 0.25) is 5.91 Å². The molecule has 1 aliphatic carbocycles. The molecule has 0 saturated heterocycles. The predicted molar refractivity (Wildman–Crippen MR) is 97.2 cm³/mol. The maximum absolute atomic E-state index is 13.8. The van der Waals surface area contributed by atoms with Crippen LogP contribution in [-0.2, 0) is 17.6 Å². The molecule has 0 aliphatic heterocycles. The number of nitrogens with one attached hydrogen (secondary N) is 2. The maximum atomic E-state index is 13.8. The summed E-state index contributed by atoms with van der Waals surface area (Å²) in [5.41, 5.74) is 2.66. The van der Waals surface area contributed by atoms with Crippen LogP contribution in [0.5, 0.6) is 0 Å². The van der Waals surface area contributed by atoms with Gasteiger partial charge in [0.15, 0.2) is 11.6 Å². The average molecular weight is 393 g/mol. The standard InChI is InChI=1S/C20H16ClF3N2O/c21-13-5-1-3-11-12-4-2-6-17(20(12)26-19(11)13)25-18(27)8-10-7-15(23)16(24)9-14(10)22/h1,3,5,7,9,17,26H,2,4,6,8H2,(H,25,27)/t17-/m1/s1. The van der Waals surface area contributed by atoms with E-state index in [0.717, 1.165) is 47.5 Å². The fraction of sp³-hybridized carbons (Fsp3) is 0.250. The third-order valence-corrected chi connectivity index (χ3v) is 5.28. The smallest absolute Gasteiger partial charge is 0.225 e. The van der Waals surface area contributed by atoms with Crippen molar-refractivity contribution >= 4 is 28.4 Å². The third kappa shape index (κ3) is 3.30. The van der Waals surface area contributed by atoms with Crippen molar-refractivity contribution in [3.63, 3.8) is 0 Å². The molecule has 2 aromatic carbocycles. The van der Waals surface area contributed by atoms with Crippen molar-refractivity contribution in [1.82, 2.24) is 10.3 Å². The molecule has 1 atom stereocenters. The van der Waals surface area contributed by atoms with Gasteiger partial charge in [0.05, 0.1) is 23.0 Å². The van der Waals surface area contributed by atoms with E-state index in [-0.39, 0.29) is 18.0 Å². The quantitative estimate of drug-likeness (QED) is 0.607. The van der Waals surface area contributed by atoms with Gasteiger partial charge >= 0.3 is 0 Å². The van der Waals surface area contributed by atoms with Crippen LogP contribution in [0, 0.1) is 17.5 Å². The number of amides is 1. The van der Waals surface area contributed by atoms with E-state index in [1.807, 2.05) is 12.1 Å². The molecule has 0 radical (unpaired) electrons. The molecule has 0 unspecified atom stereocenters. The minimum atomic E-state index is -1.27. The van der Waals surface area contributed by atoms with E-state index >= 15 is 0 Å². The van der Waals surface area contributed by atoms with Crippen molar-refractivity contribution in [3.05, 3.63) is 69.6 Å². The van der Waals surface area contributed by atoms with E-state index in [1.165, 1.54) is 0 Å². The zero-order valence-electron chi connectivity index (χ0n) is 14.2. The van der Waals surface area contributed by atoms with Crippen molar-refractivity contribution < 1.29 is 18.0 Å². The summed E-state index contributed by atoms with van der Waals surface area (Å²) in [6.07, 6.45) is 2.12. The minimum Gasteiger partial charge on any atom is -0.355 e. The van der Waals surface area contributed by atoms with Crippen LogP contribution in [0.1, 0.15) is 35.7 Å². The second-order valence-electron chi connectivity index (χ2n) is 6.73. The highest BCUT2D eigenvalue weighted by atomic mass is 35.5. The fourth-order valence-electron chi connectivity index (χ4n) is 3.71. The van der Waals surface area contributed by atoms with E-state index in [4.69, 9.17) is 11.6 Å². The first kappa shape index (κ1) is 17.9. The number of aromatic nitrogens is 1. The lowest BCUT2D eigenvalue weighted by atomic mass is 9.91. The van der Waals surface area contributed by atoms with Crippen LogP contribution in [0.4, 0.5) is 13.2 Å². The number of aryl methyl sites for hydroxylation is 1. The Balaban J connectivity index is 1.58. The highest BCUT2D eigenvalue weighted by molar-refractivity contribution is 6.35. The second kappa shape index (κ2) is 6.93. The third-order valence-electron chi connectivity index (χ3n) is 4.97. The summed E-state index contributed by atoms with van der Waals surface area (Å²) >= 11 is 6.26. The van der Waals surface area contributed by atoms with E-state index in [0.29, 0.717) is 11.1 Å². The molecule has 0 bridgehead atoms. The molecular weight excluding hydrogens is 377 g/mol. The number of fused-ring (bicyclic) bond motifs is 3. The molecule has 1 aromatic heterocycles.